The fraction of sp³-hybridized carbons (Fsp3) is 0.304. The number of amides is 2. The summed E-state index contributed by atoms with van der Waals surface area (Å²) in [5.74, 6) is -1.22. The number of imidazole rings is 1. The zero-order valence-electron chi connectivity index (χ0n) is 18.2. The van der Waals surface area contributed by atoms with Crippen molar-refractivity contribution in [3.63, 3.8) is 0 Å². The van der Waals surface area contributed by atoms with Gasteiger partial charge in [0.2, 0.25) is 5.91 Å². The van der Waals surface area contributed by atoms with Crippen LogP contribution < -0.4 is 10.6 Å². The number of carboxylic acids is 1. The van der Waals surface area contributed by atoms with E-state index in [0.29, 0.717) is 16.9 Å². The Morgan fingerprint density at radius 2 is 1.91 bits per heavy atom. The van der Waals surface area contributed by atoms with Crippen molar-refractivity contribution in [3.8, 4) is 11.3 Å². The van der Waals surface area contributed by atoms with Crippen molar-refractivity contribution in [1.29, 1.82) is 0 Å². The molecular weight excluding hydrogens is 412 g/mol. The number of nitrogens with one attached hydrogen (secondary N) is 2. The Hall–Kier alpha value is -3.88. The lowest BCUT2D eigenvalue weighted by molar-refractivity contribution is -0.121. The topological polar surface area (TPSA) is 122 Å². The summed E-state index contributed by atoms with van der Waals surface area (Å²) in [4.78, 5) is 39.7. The zero-order valence-corrected chi connectivity index (χ0v) is 18.2. The number of benzene rings is 1. The average Bonchev–Trinajstić information content (AvgIpc) is 3.16. The van der Waals surface area contributed by atoms with E-state index >= 15 is 0 Å². The lowest BCUT2D eigenvalue weighted by Crippen LogP contribution is -2.35. The Kier molecular flexibility index (Phi) is 6.77. The highest BCUT2D eigenvalue weighted by Crippen LogP contribution is 2.22. The quantitative estimate of drug-likeness (QED) is 0.521. The molecule has 2 aromatic heterocycles. The average molecular weight is 438 g/mol. The van der Waals surface area contributed by atoms with Crippen LogP contribution in [0.1, 0.15) is 43.1 Å². The van der Waals surface area contributed by atoms with Crippen LogP contribution in [-0.4, -0.2) is 44.6 Å². The molecule has 0 aliphatic carbocycles. The van der Waals surface area contributed by atoms with Gasteiger partial charge < -0.3 is 24.9 Å². The number of carbonyl (C=O) groups excluding carboxylic acids is 2. The predicted octanol–water partition coefficient (Wildman–Crippen LogP) is 3.23. The molecule has 0 saturated carbocycles. The van der Waals surface area contributed by atoms with Gasteiger partial charge in [0.15, 0.2) is 0 Å². The molecule has 9 heteroatoms. The first-order valence-electron chi connectivity index (χ1n) is 10.2. The highest BCUT2D eigenvalue weighted by atomic mass is 16.6. The first kappa shape index (κ1) is 22.8. The molecule has 168 valence electrons. The van der Waals surface area contributed by atoms with Gasteiger partial charge >= 0.3 is 12.1 Å². The van der Waals surface area contributed by atoms with E-state index in [1.165, 1.54) is 6.07 Å². The van der Waals surface area contributed by atoms with Crippen molar-refractivity contribution in [2.75, 3.05) is 6.54 Å². The summed E-state index contributed by atoms with van der Waals surface area (Å²) in [7, 11) is 0. The van der Waals surface area contributed by atoms with Crippen LogP contribution in [-0.2, 0) is 16.1 Å². The summed E-state index contributed by atoms with van der Waals surface area (Å²) in [5.41, 5.74) is 2.39. The number of nitrogens with zero attached hydrogens (tertiary/aromatic N) is 2. The molecule has 2 heterocycles. The summed E-state index contributed by atoms with van der Waals surface area (Å²) in [6, 6.07) is 10.3. The van der Waals surface area contributed by atoms with Crippen molar-refractivity contribution in [2.45, 2.75) is 39.3 Å². The molecule has 0 aliphatic heterocycles. The molecule has 3 N–H and O–H groups in total. The Morgan fingerprint density at radius 1 is 1.12 bits per heavy atom. The van der Waals surface area contributed by atoms with Crippen LogP contribution in [0.3, 0.4) is 0 Å². The first-order chi connectivity index (χ1) is 15.1. The fourth-order valence-electron chi connectivity index (χ4n) is 3.03. The normalized spacial score (nSPS) is 11.2. The third kappa shape index (κ3) is 6.07. The van der Waals surface area contributed by atoms with Crippen LogP contribution in [0.4, 0.5) is 4.79 Å². The lowest BCUT2D eigenvalue weighted by atomic mass is 10.1. The summed E-state index contributed by atoms with van der Waals surface area (Å²) in [6.45, 7) is 5.73. The van der Waals surface area contributed by atoms with E-state index in [4.69, 9.17) is 4.74 Å². The molecule has 3 aromatic rings. The van der Waals surface area contributed by atoms with Gasteiger partial charge in [-0.1, -0.05) is 18.2 Å². The largest absolute Gasteiger partial charge is 0.478 e. The number of alkyl carbamates (subject to hydrolysis) is 1. The number of carboxylic acid groups (broad SMARTS) is 1. The number of pyridine rings is 1. The standard InChI is InChI=1S/C23H26N4O5/c1-23(2,3)32-22(31)24-10-9-19(28)25-13-17-8-5-11-27-14-18(26-20(17)27)15-6-4-7-16(12-15)21(29)30/h4-8,11-12,14H,9-10,13H2,1-3H3,(H,24,31)(H,25,28)(H,29,30). The van der Waals surface area contributed by atoms with Gasteiger partial charge in [0, 0.05) is 43.0 Å². The molecular formula is C23H26N4O5. The van der Waals surface area contributed by atoms with Crippen LogP contribution in [0.15, 0.2) is 48.8 Å². The van der Waals surface area contributed by atoms with E-state index in [0.717, 1.165) is 5.56 Å². The molecule has 32 heavy (non-hydrogen) atoms. The summed E-state index contributed by atoms with van der Waals surface area (Å²) >= 11 is 0. The second-order valence-corrected chi connectivity index (χ2v) is 8.23. The molecule has 9 nitrogen and oxygen atoms in total. The number of aromatic carboxylic acids is 1. The van der Waals surface area contributed by atoms with Crippen molar-refractivity contribution < 1.29 is 24.2 Å². The van der Waals surface area contributed by atoms with Crippen LogP contribution in [0, 0.1) is 0 Å². The molecule has 0 radical (unpaired) electrons. The van der Waals surface area contributed by atoms with Crippen molar-refractivity contribution in [1.82, 2.24) is 20.0 Å². The van der Waals surface area contributed by atoms with Gasteiger partial charge in [0.25, 0.3) is 0 Å². The maximum atomic E-state index is 12.2. The molecule has 1 aromatic carbocycles. The van der Waals surface area contributed by atoms with Crippen molar-refractivity contribution >= 4 is 23.6 Å². The van der Waals surface area contributed by atoms with E-state index < -0.39 is 17.7 Å². The fourth-order valence-corrected chi connectivity index (χ4v) is 3.03. The minimum absolute atomic E-state index is 0.115. The highest BCUT2D eigenvalue weighted by molar-refractivity contribution is 5.89. The number of aromatic nitrogens is 2. The Morgan fingerprint density at radius 3 is 2.62 bits per heavy atom. The zero-order chi connectivity index (χ0) is 23.3. The van der Waals surface area contributed by atoms with Gasteiger partial charge in [-0.2, -0.15) is 0 Å². The molecule has 0 aliphatic rings. The molecule has 0 fully saturated rings. The van der Waals surface area contributed by atoms with Gasteiger partial charge in [-0.25, -0.2) is 14.6 Å². The van der Waals surface area contributed by atoms with Crippen molar-refractivity contribution in [3.05, 3.63) is 59.9 Å². The molecule has 0 spiro atoms. The maximum absolute atomic E-state index is 12.2. The molecule has 2 amide bonds. The number of hydrogen-bond acceptors (Lipinski definition) is 5. The van der Waals surface area contributed by atoms with Crippen LogP contribution in [0.5, 0.6) is 0 Å². The van der Waals surface area contributed by atoms with Gasteiger partial charge in [0.1, 0.15) is 11.2 Å². The maximum Gasteiger partial charge on any atom is 0.407 e. The molecule has 0 bridgehead atoms. The van der Waals surface area contributed by atoms with Crippen LogP contribution in [0.2, 0.25) is 0 Å². The van der Waals surface area contributed by atoms with E-state index in [-0.39, 0.29) is 31.0 Å². The summed E-state index contributed by atoms with van der Waals surface area (Å²) in [5, 5.41) is 14.6. The molecule has 0 saturated heterocycles. The third-order valence-electron chi connectivity index (χ3n) is 4.47. The van der Waals surface area contributed by atoms with Gasteiger partial charge in [-0.3, -0.25) is 4.79 Å². The van der Waals surface area contributed by atoms with E-state index in [9.17, 15) is 19.5 Å². The van der Waals surface area contributed by atoms with E-state index in [2.05, 4.69) is 15.6 Å². The van der Waals surface area contributed by atoms with E-state index in [1.54, 1.807) is 39.0 Å². The number of ether oxygens (including phenoxy) is 1. The third-order valence-corrected chi connectivity index (χ3v) is 4.47. The summed E-state index contributed by atoms with van der Waals surface area (Å²) < 4.78 is 6.96. The monoisotopic (exact) mass is 438 g/mol. The summed E-state index contributed by atoms with van der Waals surface area (Å²) in [6.07, 6.45) is 3.20. The number of fused-ring (bicyclic) bond motifs is 1. The Bertz CT molecular complexity index is 1150. The predicted molar refractivity (Wildman–Crippen MR) is 118 cm³/mol. The highest BCUT2D eigenvalue weighted by Gasteiger charge is 2.16. The smallest absolute Gasteiger partial charge is 0.407 e. The Labute approximate surface area is 185 Å². The Balaban J connectivity index is 1.62. The molecule has 3 rings (SSSR count). The lowest BCUT2D eigenvalue weighted by Gasteiger charge is -2.19. The van der Waals surface area contributed by atoms with Gasteiger partial charge in [0.05, 0.1) is 11.3 Å². The minimum atomic E-state index is -1.000. The van der Waals surface area contributed by atoms with Gasteiger partial charge in [-0.15, -0.1) is 0 Å². The van der Waals surface area contributed by atoms with Crippen molar-refractivity contribution in [2.24, 2.45) is 0 Å². The number of rotatable bonds is 7. The van der Waals surface area contributed by atoms with Gasteiger partial charge in [-0.05, 0) is 39.0 Å². The van der Waals surface area contributed by atoms with Crippen LogP contribution >= 0.6 is 0 Å². The SMILES string of the molecule is CC(C)(C)OC(=O)NCCC(=O)NCc1cccn2cc(-c3cccc(C(=O)O)c3)nc12. The first-order valence-corrected chi connectivity index (χ1v) is 10.2. The minimum Gasteiger partial charge on any atom is -0.478 e. The number of hydrogen-bond donors (Lipinski definition) is 3. The second-order valence-electron chi connectivity index (χ2n) is 8.23. The van der Waals surface area contributed by atoms with E-state index in [1.807, 2.05) is 28.9 Å². The molecule has 0 unspecified atom stereocenters. The second kappa shape index (κ2) is 9.51. The molecule has 0 atom stereocenters. The number of carbonyl (C=O) groups is 3. The van der Waals surface area contributed by atoms with Crippen LogP contribution in [0.25, 0.3) is 16.9 Å².